The lowest BCUT2D eigenvalue weighted by Gasteiger charge is -2.09. The molecule has 0 saturated heterocycles. The highest BCUT2D eigenvalue weighted by atomic mass is 19.2. The molecule has 0 spiro atoms. The van der Waals surface area contributed by atoms with Crippen LogP contribution in [0.25, 0.3) is 0 Å². The molecule has 272 valence electrons. The van der Waals surface area contributed by atoms with E-state index in [4.69, 9.17) is 47.4 Å². The van der Waals surface area contributed by atoms with Gasteiger partial charge in [0, 0.05) is 12.5 Å². The number of esters is 1. The highest BCUT2D eigenvalue weighted by molar-refractivity contribution is 5.72. The maximum atomic E-state index is 13.5. The van der Waals surface area contributed by atoms with Crippen LogP contribution in [-0.4, -0.2) is 144 Å². The van der Waals surface area contributed by atoms with Crippen molar-refractivity contribution in [1.82, 2.24) is 0 Å². The predicted molar refractivity (Wildman–Crippen MR) is 155 cm³/mol. The molecule has 47 heavy (non-hydrogen) atoms. The van der Waals surface area contributed by atoms with Gasteiger partial charge in [-0.05, 0) is 0 Å². The molecule has 1 aromatic rings. The Hall–Kier alpha value is -2.32. The van der Waals surface area contributed by atoms with Crippen molar-refractivity contribution >= 4 is 12.3 Å². The van der Waals surface area contributed by atoms with Crippen LogP contribution in [-0.2, 0) is 57.0 Å². The van der Waals surface area contributed by atoms with Gasteiger partial charge in [0.1, 0.15) is 6.29 Å². The maximum absolute atomic E-state index is 13.5. The summed E-state index contributed by atoms with van der Waals surface area (Å²) in [5.41, 5.74) is 0. The van der Waals surface area contributed by atoms with E-state index >= 15 is 0 Å². The SMILES string of the molecule is O=CCCOCCOCCOCCOCCOCCOCCOCCOCCOCCOCCC(=O)Oc1c(F)c(F)cc(F)c1F. The Morgan fingerprint density at radius 2 is 0.745 bits per heavy atom. The third kappa shape index (κ3) is 24.5. The van der Waals surface area contributed by atoms with Gasteiger partial charge < -0.3 is 56.9 Å². The number of rotatable bonds is 34. The number of hydrogen-bond donors (Lipinski definition) is 0. The number of hydrogen-bond acceptors (Lipinski definition) is 13. The van der Waals surface area contributed by atoms with Crippen LogP contribution in [0.3, 0.4) is 0 Å². The van der Waals surface area contributed by atoms with E-state index in [9.17, 15) is 27.2 Å². The van der Waals surface area contributed by atoms with E-state index < -0.39 is 41.4 Å². The van der Waals surface area contributed by atoms with Gasteiger partial charge in [-0.3, -0.25) is 4.79 Å². The number of carbonyl (C=O) groups is 2. The lowest BCUT2D eigenvalue weighted by molar-refractivity contribution is -0.136. The van der Waals surface area contributed by atoms with Gasteiger partial charge in [0.25, 0.3) is 0 Å². The average Bonchev–Trinajstić information content (AvgIpc) is 3.06. The van der Waals surface area contributed by atoms with E-state index in [2.05, 4.69) is 4.74 Å². The molecule has 0 radical (unpaired) electrons. The molecule has 0 heterocycles. The summed E-state index contributed by atoms with van der Waals surface area (Å²) >= 11 is 0. The van der Waals surface area contributed by atoms with Crippen molar-refractivity contribution in [1.29, 1.82) is 0 Å². The smallest absolute Gasteiger partial charge is 0.313 e. The Morgan fingerprint density at radius 1 is 0.468 bits per heavy atom. The molecule has 13 nitrogen and oxygen atoms in total. The number of aldehydes is 1. The molecule has 0 N–H and O–H groups in total. The zero-order valence-corrected chi connectivity index (χ0v) is 26.5. The minimum absolute atomic E-state index is 0.0161. The molecule has 0 aromatic heterocycles. The van der Waals surface area contributed by atoms with E-state index in [-0.39, 0.29) is 25.9 Å². The summed E-state index contributed by atoms with van der Waals surface area (Å²) in [6.07, 6.45) is 0.814. The van der Waals surface area contributed by atoms with Crippen LogP contribution in [0.4, 0.5) is 17.6 Å². The van der Waals surface area contributed by atoms with Crippen molar-refractivity contribution in [3.63, 3.8) is 0 Å². The minimum Gasteiger partial charge on any atom is -0.420 e. The number of benzene rings is 1. The van der Waals surface area contributed by atoms with E-state index in [1.54, 1.807) is 0 Å². The van der Waals surface area contributed by atoms with Crippen LogP contribution in [0.2, 0.25) is 0 Å². The Labute approximate surface area is 271 Å². The molecule has 1 aromatic carbocycles. The fourth-order valence-corrected chi connectivity index (χ4v) is 3.17. The second-order valence-electron chi connectivity index (χ2n) is 9.10. The third-order valence-electron chi connectivity index (χ3n) is 5.47. The number of ether oxygens (including phenoxy) is 11. The zero-order valence-electron chi connectivity index (χ0n) is 26.5. The van der Waals surface area contributed by atoms with Crippen molar-refractivity contribution in [2.24, 2.45) is 0 Å². The van der Waals surface area contributed by atoms with E-state index in [1.807, 2.05) is 0 Å². The summed E-state index contributed by atoms with van der Waals surface area (Å²) < 4.78 is 111. The topological polar surface area (TPSA) is 136 Å². The second-order valence-corrected chi connectivity index (χ2v) is 9.10. The highest BCUT2D eigenvalue weighted by Crippen LogP contribution is 2.26. The molecule has 0 aliphatic rings. The first kappa shape index (κ1) is 42.7. The number of halogens is 4. The molecule has 0 bridgehead atoms. The van der Waals surface area contributed by atoms with Crippen LogP contribution in [0.1, 0.15) is 12.8 Å². The summed E-state index contributed by atoms with van der Waals surface area (Å²) in [6, 6.07) is 0.0161. The molecule has 0 unspecified atom stereocenters. The molecule has 0 aliphatic heterocycles. The van der Waals surface area contributed by atoms with E-state index in [1.165, 1.54) is 0 Å². The first-order valence-electron chi connectivity index (χ1n) is 15.2. The van der Waals surface area contributed by atoms with Gasteiger partial charge in [0.05, 0.1) is 139 Å². The molecule has 0 amide bonds. The fraction of sp³-hybridized carbons (Fsp3) is 0.733. The van der Waals surface area contributed by atoms with Crippen molar-refractivity contribution in [2.75, 3.05) is 132 Å². The van der Waals surface area contributed by atoms with Crippen LogP contribution in [0, 0.1) is 23.3 Å². The van der Waals surface area contributed by atoms with Crippen molar-refractivity contribution in [3.05, 3.63) is 29.3 Å². The van der Waals surface area contributed by atoms with Gasteiger partial charge in [0.15, 0.2) is 11.6 Å². The summed E-state index contributed by atoms with van der Waals surface area (Å²) in [5, 5.41) is 0. The van der Waals surface area contributed by atoms with E-state index in [0.29, 0.717) is 119 Å². The van der Waals surface area contributed by atoms with Gasteiger partial charge in [0.2, 0.25) is 17.4 Å². The zero-order chi connectivity index (χ0) is 34.2. The molecule has 0 saturated carbocycles. The van der Waals surface area contributed by atoms with Crippen LogP contribution < -0.4 is 4.74 Å². The molecule has 1 rings (SSSR count). The Bertz CT molecular complexity index is 904. The quantitative estimate of drug-likeness (QED) is 0.0262. The highest BCUT2D eigenvalue weighted by Gasteiger charge is 2.22. The summed E-state index contributed by atoms with van der Waals surface area (Å²) in [6.45, 7) is 7.40. The largest absolute Gasteiger partial charge is 0.420 e. The van der Waals surface area contributed by atoms with Crippen molar-refractivity contribution in [2.45, 2.75) is 12.8 Å². The Morgan fingerprint density at radius 3 is 1.04 bits per heavy atom. The second kappa shape index (κ2) is 31.0. The lowest BCUT2D eigenvalue weighted by Crippen LogP contribution is -2.16. The molecule has 0 aliphatic carbocycles. The average molecular weight is 691 g/mol. The molecule has 17 heteroatoms. The minimum atomic E-state index is -1.79. The molecular formula is C30H46F4O13. The molecular weight excluding hydrogens is 644 g/mol. The Kier molecular flexibility index (Phi) is 28.1. The van der Waals surface area contributed by atoms with Gasteiger partial charge in [-0.2, -0.15) is 8.78 Å². The monoisotopic (exact) mass is 690 g/mol. The van der Waals surface area contributed by atoms with Crippen LogP contribution in [0.15, 0.2) is 6.07 Å². The maximum Gasteiger partial charge on any atom is 0.313 e. The van der Waals surface area contributed by atoms with Gasteiger partial charge in [-0.15, -0.1) is 0 Å². The Balaban J connectivity index is 1.73. The fourth-order valence-electron chi connectivity index (χ4n) is 3.17. The third-order valence-corrected chi connectivity index (χ3v) is 5.47. The summed E-state index contributed by atoms with van der Waals surface area (Å²) in [4.78, 5) is 21.8. The molecule has 0 fully saturated rings. The van der Waals surface area contributed by atoms with Crippen LogP contribution >= 0.6 is 0 Å². The number of carbonyl (C=O) groups excluding carboxylic acids is 2. The summed E-state index contributed by atoms with van der Waals surface area (Å²) in [7, 11) is 0. The van der Waals surface area contributed by atoms with Gasteiger partial charge >= 0.3 is 5.97 Å². The summed E-state index contributed by atoms with van der Waals surface area (Å²) in [5.74, 6) is -9.49. The van der Waals surface area contributed by atoms with Crippen molar-refractivity contribution in [3.8, 4) is 5.75 Å². The predicted octanol–water partition coefficient (Wildman–Crippen LogP) is 2.29. The van der Waals surface area contributed by atoms with Gasteiger partial charge in [-0.25, -0.2) is 8.78 Å². The molecule has 0 atom stereocenters. The van der Waals surface area contributed by atoms with Crippen molar-refractivity contribution < 1.29 is 79.3 Å². The first-order chi connectivity index (χ1) is 23.0. The first-order valence-corrected chi connectivity index (χ1v) is 15.2. The normalized spacial score (nSPS) is 11.3. The van der Waals surface area contributed by atoms with E-state index in [0.717, 1.165) is 6.29 Å². The lowest BCUT2D eigenvalue weighted by atomic mass is 10.3. The standard InChI is InChI=1S/C30H46F4O13/c31-25-24-26(32)29(34)30(28(25)33)47-27(36)2-5-38-7-9-40-11-13-42-15-17-44-19-21-46-23-22-45-20-18-43-16-14-41-12-10-39-8-6-37-4-1-3-35/h3,24H,1-2,4-23H2. The van der Waals surface area contributed by atoms with Gasteiger partial charge in [-0.1, -0.05) is 0 Å². The van der Waals surface area contributed by atoms with Crippen LogP contribution in [0.5, 0.6) is 5.75 Å².